The summed E-state index contributed by atoms with van der Waals surface area (Å²) >= 11 is 1.66. The van der Waals surface area contributed by atoms with Crippen molar-refractivity contribution in [2.45, 2.75) is 27.3 Å². The number of hydrogen-bond donors (Lipinski definition) is 0. The summed E-state index contributed by atoms with van der Waals surface area (Å²) in [6, 6.07) is 4.09. The number of rotatable bonds is 4. The molecule has 0 amide bonds. The molecule has 3 aromatic rings. The predicted octanol–water partition coefficient (Wildman–Crippen LogP) is 2.23. The van der Waals surface area contributed by atoms with Gasteiger partial charge in [0.2, 0.25) is 11.8 Å². The molecule has 9 heteroatoms. The monoisotopic (exact) mass is 371 g/mol. The number of anilines is 1. The topological polar surface area (TPSA) is 84.1 Å². The molecule has 136 valence electrons. The Hall–Kier alpha value is -2.39. The highest BCUT2D eigenvalue weighted by Gasteiger charge is 2.20. The van der Waals surface area contributed by atoms with Crippen molar-refractivity contribution in [1.82, 2.24) is 30.3 Å². The van der Waals surface area contributed by atoms with E-state index in [4.69, 9.17) is 4.42 Å². The number of nitrogens with zero attached hydrogens (tertiary/aromatic N) is 7. The summed E-state index contributed by atoms with van der Waals surface area (Å²) in [4.78, 5) is 10.1. The third-order valence-electron chi connectivity index (χ3n) is 4.41. The molecule has 0 bridgehead atoms. The fourth-order valence-corrected chi connectivity index (χ4v) is 4.00. The molecule has 0 radical (unpaired) electrons. The maximum absolute atomic E-state index is 5.46. The van der Waals surface area contributed by atoms with Crippen LogP contribution < -0.4 is 4.90 Å². The summed E-state index contributed by atoms with van der Waals surface area (Å²) in [6.07, 6.45) is 0. The first-order valence-electron chi connectivity index (χ1n) is 8.63. The van der Waals surface area contributed by atoms with Crippen LogP contribution in [0.15, 0.2) is 16.5 Å². The minimum Gasteiger partial charge on any atom is -0.424 e. The van der Waals surface area contributed by atoms with Gasteiger partial charge in [-0.2, -0.15) is 0 Å². The highest BCUT2D eigenvalue weighted by Crippen LogP contribution is 2.28. The van der Waals surface area contributed by atoms with E-state index in [9.17, 15) is 0 Å². The fraction of sp³-hybridized carbons (Fsp3) is 0.471. The lowest BCUT2D eigenvalue weighted by Gasteiger charge is -2.34. The largest absolute Gasteiger partial charge is 0.424 e. The summed E-state index contributed by atoms with van der Waals surface area (Å²) < 4.78 is 5.46. The molecule has 26 heavy (non-hydrogen) atoms. The number of hydrogen-bond acceptors (Lipinski definition) is 9. The van der Waals surface area contributed by atoms with Gasteiger partial charge in [0, 0.05) is 33.1 Å². The molecule has 1 aliphatic rings. The quantitative estimate of drug-likeness (QED) is 0.690. The van der Waals surface area contributed by atoms with Crippen molar-refractivity contribution in [2.75, 3.05) is 31.1 Å². The maximum Gasteiger partial charge on any atom is 0.230 e. The van der Waals surface area contributed by atoms with Crippen LogP contribution in [-0.2, 0) is 6.54 Å². The van der Waals surface area contributed by atoms with Crippen LogP contribution in [0.2, 0.25) is 0 Å². The van der Waals surface area contributed by atoms with Gasteiger partial charge in [-0.3, -0.25) is 4.90 Å². The van der Waals surface area contributed by atoms with Gasteiger partial charge in [-0.15, -0.1) is 31.7 Å². The molecule has 0 saturated carbocycles. The van der Waals surface area contributed by atoms with Gasteiger partial charge in [-0.05, 0) is 26.0 Å². The van der Waals surface area contributed by atoms with Gasteiger partial charge >= 0.3 is 0 Å². The van der Waals surface area contributed by atoms with E-state index in [1.165, 1.54) is 0 Å². The van der Waals surface area contributed by atoms with Gasteiger partial charge in [-0.1, -0.05) is 0 Å². The molecule has 0 atom stereocenters. The van der Waals surface area contributed by atoms with E-state index in [1.54, 1.807) is 11.3 Å². The van der Waals surface area contributed by atoms with Gasteiger partial charge in [0.25, 0.3) is 0 Å². The number of piperazine rings is 1. The highest BCUT2D eigenvalue weighted by molar-refractivity contribution is 7.15. The van der Waals surface area contributed by atoms with Crippen LogP contribution in [0.1, 0.15) is 22.5 Å². The lowest BCUT2D eigenvalue weighted by molar-refractivity contribution is 0.224. The standard InChI is InChI=1S/C17H21N7OS/c1-11-17(26-13(3)18-11)14-4-5-15(21-20-14)24-8-6-23(7-9-24)10-16-22-19-12(2)25-16/h4-5H,6-10H2,1-3H3. The molecule has 4 heterocycles. The van der Waals surface area contributed by atoms with Crippen LogP contribution in [0.4, 0.5) is 5.82 Å². The SMILES string of the molecule is Cc1nnc(CN2CCN(c3ccc(-c4sc(C)nc4C)nn3)CC2)o1. The Kier molecular flexibility index (Phi) is 4.64. The summed E-state index contributed by atoms with van der Waals surface area (Å²) in [5, 5.41) is 17.9. The van der Waals surface area contributed by atoms with E-state index < -0.39 is 0 Å². The van der Waals surface area contributed by atoms with Gasteiger partial charge < -0.3 is 9.32 Å². The molecule has 8 nitrogen and oxygen atoms in total. The van der Waals surface area contributed by atoms with Gasteiger partial charge in [-0.25, -0.2) is 4.98 Å². The molecular formula is C17H21N7OS. The minimum absolute atomic E-state index is 0.611. The number of aryl methyl sites for hydroxylation is 3. The average molecular weight is 371 g/mol. The molecule has 0 aromatic carbocycles. The third kappa shape index (κ3) is 3.58. The number of thiazole rings is 1. The second kappa shape index (κ2) is 7.08. The van der Waals surface area contributed by atoms with Crippen molar-refractivity contribution >= 4 is 17.2 Å². The van der Waals surface area contributed by atoms with E-state index in [1.807, 2.05) is 32.9 Å². The van der Waals surface area contributed by atoms with Crippen molar-refractivity contribution < 1.29 is 4.42 Å². The molecule has 0 spiro atoms. The molecule has 1 saturated heterocycles. The maximum atomic E-state index is 5.46. The molecule has 0 aliphatic carbocycles. The van der Waals surface area contributed by atoms with E-state index in [0.717, 1.165) is 53.3 Å². The Morgan fingerprint density at radius 1 is 1.00 bits per heavy atom. The predicted molar refractivity (Wildman–Crippen MR) is 99.1 cm³/mol. The van der Waals surface area contributed by atoms with Gasteiger partial charge in [0.1, 0.15) is 5.69 Å². The zero-order chi connectivity index (χ0) is 18.1. The first kappa shape index (κ1) is 17.0. The molecule has 1 aliphatic heterocycles. The lowest BCUT2D eigenvalue weighted by Crippen LogP contribution is -2.46. The Balaban J connectivity index is 1.38. The number of aromatic nitrogens is 5. The van der Waals surface area contributed by atoms with E-state index >= 15 is 0 Å². The lowest BCUT2D eigenvalue weighted by atomic mass is 10.2. The van der Waals surface area contributed by atoms with Crippen LogP contribution in [-0.4, -0.2) is 56.5 Å². The molecule has 1 fully saturated rings. The van der Waals surface area contributed by atoms with Gasteiger partial charge in [0.15, 0.2) is 5.82 Å². The zero-order valence-electron chi connectivity index (χ0n) is 15.1. The zero-order valence-corrected chi connectivity index (χ0v) is 16.0. The Morgan fingerprint density at radius 2 is 1.81 bits per heavy atom. The first-order chi connectivity index (χ1) is 12.6. The molecule has 4 rings (SSSR count). The second-order valence-electron chi connectivity index (χ2n) is 6.40. The van der Waals surface area contributed by atoms with Crippen LogP contribution in [0.5, 0.6) is 0 Å². The highest BCUT2D eigenvalue weighted by atomic mass is 32.1. The average Bonchev–Trinajstić information content (AvgIpc) is 3.20. The third-order valence-corrected chi connectivity index (χ3v) is 5.51. The van der Waals surface area contributed by atoms with Crippen LogP contribution in [0, 0.1) is 20.8 Å². The molecule has 3 aromatic heterocycles. The molecule has 0 unspecified atom stereocenters. The van der Waals surface area contributed by atoms with E-state index in [-0.39, 0.29) is 0 Å². The van der Waals surface area contributed by atoms with Crippen LogP contribution in [0.25, 0.3) is 10.6 Å². The van der Waals surface area contributed by atoms with Crippen molar-refractivity contribution in [3.63, 3.8) is 0 Å². The first-order valence-corrected chi connectivity index (χ1v) is 9.44. The smallest absolute Gasteiger partial charge is 0.230 e. The van der Waals surface area contributed by atoms with Crippen molar-refractivity contribution in [1.29, 1.82) is 0 Å². The minimum atomic E-state index is 0.611. The van der Waals surface area contributed by atoms with Crippen LogP contribution >= 0.6 is 11.3 Å². The second-order valence-corrected chi connectivity index (χ2v) is 7.61. The van der Waals surface area contributed by atoms with Gasteiger partial charge in [0.05, 0.1) is 22.1 Å². The van der Waals surface area contributed by atoms with Crippen molar-refractivity contribution in [3.05, 3.63) is 34.6 Å². The summed E-state index contributed by atoms with van der Waals surface area (Å²) in [6.45, 7) is 10.2. The van der Waals surface area contributed by atoms with Crippen molar-refractivity contribution in [2.24, 2.45) is 0 Å². The summed E-state index contributed by atoms with van der Waals surface area (Å²) in [7, 11) is 0. The summed E-state index contributed by atoms with van der Waals surface area (Å²) in [5.74, 6) is 2.21. The Morgan fingerprint density at radius 3 is 2.38 bits per heavy atom. The van der Waals surface area contributed by atoms with Crippen molar-refractivity contribution in [3.8, 4) is 10.6 Å². The van der Waals surface area contributed by atoms with E-state index in [2.05, 4.69) is 35.2 Å². The Labute approximate surface area is 155 Å². The Bertz CT molecular complexity index is 881. The fourth-order valence-electron chi connectivity index (χ4n) is 3.11. The summed E-state index contributed by atoms with van der Waals surface area (Å²) in [5.41, 5.74) is 1.90. The van der Waals surface area contributed by atoms with E-state index in [0.29, 0.717) is 18.3 Å². The molecular weight excluding hydrogens is 350 g/mol. The van der Waals surface area contributed by atoms with Crippen LogP contribution in [0.3, 0.4) is 0 Å². The normalized spacial score (nSPS) is 15.6. The molecule has 0 N–H and O–H groups in total.